The van der Waals surface area contributed by atoms with E-state index in [0.717, 1.165) is 21.3 Å². The number of benzene rings is 2. The van der Waals surface area contributed by atoms with E-state index in [1.54, 1.807) is 18.5 Å². The molecule has 9 heteroatoms. The summed E-state index contributed by atoms with van der Waals surface area (Å²) in [7, 11) is 0. The van der Waals surface area contributed by atoms with Crippen LogP contribution in [0.4, 0.5) is 10.8 Å². The molecule has 0 spiro atoms. The Bertz CT molecular complexity index is 1260. The standard InChI is InChI=1S/C21H15ClN4O3S/c1-13-4-2-6-18-19(13)24-21(30-18)25(12-14-5-3-9-23-11-14)20(27)16-10-15(22)7-8-17(16)26(28)29/h2-11H,12H2,1H3. The molecule has 4 rings (SSSR count). The zero-order valence-electron chi connectivity index (χ0n) is 15.8. The fourth-order valence-electron chi connectivity index (χ4n) is 3.07. The van der Waals surface area contributed by atoms with Crippen LogP contribution in [-0.2, 0) is 6.54 Å². The Kier molecular flexibility index (Phi) is 5.43. The SMILES string of the molecule is Cc1cccc2sc(N(Cc3cccnc3)C(=O)c3cc(Cl)ccc3[N+](=O)[O-])nc12. The average molecular weight is 439 g/mol. The van der Waals surface area contributed by atoms with E-state index in [9.17, 15) is 14.9 Å². The summed E-state index contributed by atoms with van der Waals surface area (Å²) in [6.45, 7) is 2.11. The Balaban J connectivity index is 1.85. The average Bonchev–Trinajstić information content (AvgIpc) is 3.17. The van der Waals surface area contributed by atoms with E-state index < -0.39 is 10.8 Å². The van der Waals surface area contributed by atoms with Crippen molar-refractivity contribution in [2.45, 2.75) is 13.5 Å². The Morgan fingerprint density at radius 3 is 2.77 bits per heavy atom. The van der Waals surface area contributed by atoms with Gasteiger partial charge in [0, 0.05) is 23.5 Å². The molecule has 0 unspecified atom stereocenters. The lowest BCUT2D eigenvalue weighted by molar-refractivity contribution is -0.385. The number of thiazole rings is 1. The lowest BCUT2D eigenvalue weighted by Crippen LogP contribution is -2.31. The number of nitrogens with zero attached hydrogens (tertiary/aromatic N) is 4. The summed E-state index contributed by atoms with van der Waals surface area (Å²) in [5, 5.41) is 12.2. The molecule has 0 bridgehead atoms. The predicted octanol–water partition coefficient (Wildman–Crippen LogP) is 5.41. The third-order valence-electron chi connectivity index (χ3n) is 4.53. The quantitative estimate of drug-likeness (QED) is 0.307. The zero-order chi connectivity index (χ0) is 21.3. The number of pyridine rings is 1. The maximum atomic E-state index is 13.5. The summed E-state index contributed by atoms with van der Waals surface area (Å²) in [6, 6.07) is 13.3. The van der Waals surface area contributed by atoms with Crippen molar-refractivity contribution in [3.8, 4) is 0 Å². The van der Waals surface area contributed by atoms with E-state index in [2.05, 4.69) is 9.97 Å². The lowest BCUT2D eigenvalue weighted by atomic mass is 10.1. The molecule has 0 atom stereocenters. The molecule has 0 N–H and O–H groups in total. The van der Waals surface area contributed by atoms with Gasteiger partial charge in [0.2, 0.25) is 0 Å². The highest BCUT2D eigenvalue weighted by Crippen LogP contribution is 2.34. The van der Waals surface area contributed by atoms with Crippen LogP contribution in [0.1, 0.15) is 21.5 Å². The van der Waals surface area contributed by atoms with Gasteiger partial charge in [-0.3, -0.25) is 24.8 Å². The van der Waals surface area contributed by atoms with Crippen molar-refractivity contribution < 1.29 is 9.72 Å². The minimum absolute atomic E-state index is 0.0904. The first-order valence-electron chi connectivity index (χ1n) is 8.95. The number of rotatable bonds is 5. The van der Waals surface area contributed by atoms with Gasteiger partial charge in [0.25, 0.3) is 11.6 Å². The van der Waals surface area contributed by atoms with Gasteiger partial charge < -0.3 is 0 Å². The summed E-state index contributed by atoms with van der Waals surface area (Å²) >= 11 is 7.40. The number of halogens is 1. The fraction of sp³-hybridized carbons (Fsp3) is 0.0952. The number of nitro groups is 1. The molecule has 2 heterocycles. The topological polar surface area (TPSA) is 89.2 Å². The number of para-hydroxylation sites is 1. The van der Waals surface area contributed by atoms with E-state index in [4.69, 9.17) is 11.6 Å². The lowest BCUT2D eigenvalue weighted by Gasteiger charge is -2.20. The third kappa shape index (κ3) is 3.87. The van der Waals surface area contributed by atoms with Crippen LogP contribution in [0.15, 0.2) is 60.9 Å². The highest BCUT2D eigenvalue weighted by molar-refractivity contribution is 7.22. The molecule has 0 aliphatic rings. The third-order valence-corrected chi connectivity index (χ3v) is 5.81. The summed E-state index contributed by atoms with van der Waals surface area (Å²) in [5.74, 6) is -0.551. The number of aromatic nitrogens is 2. The molecule has 150 valence electrons. The Morgan fingerprint density at radius 1 is 1.23 bits per heavy atom. The van der Waals surface area contributed by atoms with Gasteiger partial charge in [-0.1, -0.05) is 41.1 Å². The van der Waals surface area contributed by atoms with Crippen LogP contribution in [-0.4, -0.2) is 20.8 Å². The number of nitro benzene ring substituents is 1. The maximum absolute atomic E-state index is 13.5. The summed E-state index contributed by atoms with van der Waals surface area (Å²) < 4.78 is 0.926. The second-order valence-electron chi connectivity index (χ2n) is 6.59. The summed E-state index contributed by atoms with van der Waals surface area (Å²) in [4.78, 5) is 34.6. The normalized spacial score (nSPS) is 10.9. The first kappa shape index (κ1) is 19.9. The van der Waals surface area contributed by atoms with Crippen molar-refractivity contribution in [1.82, 2.24) is 9.97 Å². The highest BCUT2D eigenvalue weighted by atomic mass is 35.5. The zero-order valence-corrected chi connectivity index (χ0v) is 17.4. The van der Waals surface area contributed by atoms with Gasteiger partial charge in [-0.2, -0.15) is 0 Å². The van der Waals surface area contributed by atoms with Crippen molar-refractivity contribution >= 4 is 49.9 Å². The minimum Gasteiger partial charge on any atom is -0.279 e. The van der Waals surface area contributed by atoms with Gasteiger partial charge in [0.1, 0.15) is 5.56 Å². The van der Waals surface area contributed by atoms with Gasteiger partial charge in [0.05, 0.1) is 21.7 Å². The van der Waals surface area contributed by atoms with E-state index in [1.807, 2.05) is 31.2 Å². The highest BCUT2D eigenvalue weighted by Gasteiger charge is 2.28. The molecular formula is C21H15ClN4O3S. The number of carbonyl (C=O) groups is 1. The molecule has 0 radical (unpaired) electrons. The molecule has 0 aliphatic heterocycles. The molecule has 0 fully saturated rings. The number of amides is 1. The van der Waals surface area contributed by atoms with E-state index in [0.29, 0.717) is 5.13 Å². The van der Waals surface area contributed by atoms with Crippen LogP contribution in [0.3, 0.4) is 0 Å². The van der Waals surface area contributed by atoms with Crippen molar-refractivity contribution in [3.63, 3.8) is 0 Å². The Morgan fingerprint density at radius 2 is 2.07 bits per heavy atom. The second-order valence-corrected chi connectivity index (χ2v) is 8.03. The van der Waals surface area contributed by atoms with Crippen molar-refractivity contribution in [1.29, 1.82) is 0 Å². The van der Waals surface area contributed by atoms with Crippen molar-refractivity contribution in [2.75, 3.05) is 4.90 Å². The van der Waals surface area contributed by atoms with E-state index in [1.165, 1.54) is 34.4 Å². The molecule has 7 nitrogen and oxygen atoms in total. The van der Waals surface area contributed by atoms with Crippen LogP contribution >= 0.6 is 22.9 Å². The number of aryl methyl sites for hydroxylation is 1. The number of fused-ring (bicyclic) bond motifs is 1. The van der Waals surface area contributed by atoms with Gasteiger partial charge in [-0.05, 0) is 42.3 Å². The van der Waals surface area contributed by atoms with Crippen LogP contribution in [0.25, 0.3) is 10.2 Å². The van der Waals surface area contributed by atoms with Crippen molar-refractivity contribution in [2.24, 2.45) is 0 Å². The van der Waals surface area contributed by atoms with Gasteiger partial charge in [-0.25, -0.2) is 4.98 Å². The Labute approximate surface area is 180 Å². The van der Waals surface area contributed by atoms with Crippen molar-refractivity contribution in [3.05, 3.63) is 92.8 Å². The van der Waals surface area contributed by atoms with E-state index in [-0.39, 0.29) is 22.8 Å². The first-order chi connectivity index (χ1) is 14.4. The number of anilines is 1. The molecule has 1 amide bonds. The smallest absolute Gasteiger partial charge is 0.279 e. The van der Waals surface area contributed by atoms with Gasteiger partial charge in [0.15, 0.2) is 5.13 Å². The number of hydrogen-bond acceptors (Lipinski definition) is 6. The van der Waals surface area contributed by atoms with Gasteiger partial charge in [-0.15, -0.1) is 0 Å². The molecule has 0 saturated heterocycles. The number of hydrogen-bond donors (Lipinski definition) is 0. The maximum Gasteiger partial charge on any atom is 0.282 e. The van der Waals surface area contributed by atoms with Crippen LogP contribution in [0.5, 0.6) is 0 Å². The molecule has 4 aromatic rings. The van der Waals surface area contributed by atoms with Crippen LogP contribution in [0, 0.1) is 17.0 Å². The van der Waals surface area contributed by atoms with Crippen LogP contribution in [0.2, 0.25) is 5.02 Å². The molecule has 2 aromatic heterocycles. The van der Waals surface area contributed by atoms with E-state index >= 15 is 0 Å². The second kappa shape index (κ2) is 8.17. The molecule has 0 saturated carbocycles. The van der Waals surface area contributed by atoms with Crippen LogP contribution < -0.4 is 4.90 Å². The molecule has 2 aromatic carbocycles. The number of carbonyl (C=O) groups excluding carboxylic acids is 1. The molecule has 0 aliphatic carbocycles. The minimum atomic E-state index is -0.589. The summed E-state index contributed by atoms with van der Waals surface area (Å²) in [5.41, 5.74) is 2.15. The Hall–Kier alpha value is -3.36. The molecule has 30 heavy (non-hydrogen) atoms. The largest absolute Gasteiger partial charge is 0.282 e. The summed E-state index contributed by atoms with van der Waals surface area (Å²) in [6.07, 6.45) is 3.28. The van der Waals surface area contributed by atoms with Gasteiger partial charge >= 0.3 is 0 Å². The predicted molar refractivity (Wildman–Crippen MR) is 117 cm³/mol. The molecular weight excluding hydrogens is 424 g/mol. The fourth-order valence-corrected chi connectivity index (χ4v) is 4.29. The monoisotopic (exact) mass is 438 g/mol. The first-order valence-corrected chi connectivity index (χ1v) is 10.1.